The minimum Gasteiger partial charge on any atom is -0.481 e. The van der Waals surface area contributed by atoms with Crippen molar-refractivity contribution in [2.45, 2.75) is 192 Å². The quantitative estimate of drug-likeness (QED) is 0.0291. The van der Waals surface area contributed by atoms with Gasteiger partial charge in [-0.25, -0.2) is 0 Å². The summed E-state index contributed by atoms with van der Waals surface area (Å²) in [6.45, 7) is 4.34. The number of primary amides is 1. The van der Waals surface area contributed by atoms with Gasteiger partial charge >= 0.3 is 17.9 Å². The second-order valence-electron chi connectivity index (χ2n) is 20.3. The highest BCUT2D eigenvalue weighted by atomic mass is 16.4. The van der Waals surface area contributed by atoms with Gasteiger partial charge in [0.1, 0.15) is 5.78 Å². The van der Waals surface area contributed by atoms with E-state index >= 15 is 0 Å². The summed E-state index contributed by atoms with van der Waals surface area (Å²) in [6.07, 6.45) is 4.05. The molecule has 0 aromatic carbocycles. The molecule has 0 aliphatic carbocycles. The van der Waals surface area contributed by atoms with Gasteiger partial charge in [0.25, 0.3) is 0 Å². The summed E-state index contributed by atoms with van der Waals surface area (Å²) in [5.74, 6) is -14.5. The zero-order valence-corrected chi connectivity index (χ0v) is 46.1. The maximum atomic E-state index is 14.1. The Kier molecular flexibility index (Phi) is 38.1. The van der Waals surface area contributed by atoms with E-state index in [9.17, 15) is 77.6 Å². The topological polar surface area (TPSA) is 461 Å². The minimum absolute atomic E-state index is 0.0273. The molecule has 79 heavy (non-hydrogen) atoms. The number of carboxylic acids is 3. The number of carbonyl (C=O) groups excluding carboxylic acids is 10. The van der Waals surface area contributed by atoms with Gasteiger partial charge in [0.2, 0.25) is 29.5 Å². The number of ketones is 5. The molecule has 0 radical (unpaired) electrons. The average Bonchev–Trinajstić information content (AvgIpc) is 3.38. The van der Waals surface area contributed by atoms with Gasteiger partial charge in [-0.1, -0.05) is 26.7 Å². The Labute approximate surface area is 462 Å². The van der Waals surface area contributed by atoms with Crippen LogP contribution in [0.15, 0.2) is 0 Å². The first kappa shape index (κ1) is 72.5. The third-order valence-electron chi connectivity index (χ3n) is 13.4. The van der Waals surface area contributed by atoms with Crippen LogP contribution in [0.3, 0.4) is 0 Å². The Bertz CT molecular complexity index is 2080. The van der Waals surface area contributed by atoms with Crippen LogP contribution in [0, 0.1) is 41.9 Å². The van der Waals surface area contributed by atoms with E-state index in [4.69, 9.17) is 35.1 Å². The molecule has 25 heteroatoms. The number of nitrogens with two attached hydrogens (primary N) is 5. The van der Waals surface area contributed by atoms with Crippen LogP contribution in [0.2, 0.25) is 0 Å². The second kappa shape index (κ2) is 41.5. The van der Waals surface area contributed by atoms with Crippen molar-refractivity contribution in [3.05, 3.63) is 0 Å². The van der Waals surface area contributed by atoms with Crippen molar-refractivity contribution < 1.29 is 77.6 Å². The van der Waals surface area contributed by atoms with Crippen molar-refractivity contribution in [1.29, 1.82) is 0 Å². The van der Waals surface area contributed by atoms with Gasteiger partial charge in [0, 0.05) is 75.5 Å². The molecule has 0 aromatic rings. The Morgan fingerprint density at radius 3 is 1.34 bits per heavy atom. The first-order chi connectivity index (χ1) is 37.3. The molecule has 0 bridgehead atoms. The number of aliphatic carboxylic acids is 3. The van der Waals surface area contributed by atoms with Gasteiger partial charge in [0.05, 0.1) is 42.9 Å². The smallest absolute Gasteiger partial charge is 0.305 e. The molecule has 0 saturated carbocycles. The van der Waals surface area contributed by atoms with Gasteiger partial charge < -0.3 is 65.3 Å². The number of hydrogen-bond donors (Lipinski definition) is 12. The third kappa shape index (κ3) is 32.2. The van der Waals surface area contributed by atoms with Crippen LogP contribution in [0.1, 0.15) is 168 Å². The van der Waals surface area contributed by atoms with E-state index < -0.39 is 181 Å². The van der Waals surface area contributed by atoms with Crippen LogP contribution in [-0.2, 0) is 62.3 Å². The van der Waals surface area contributed by atoms with Gasteiger partial charge in [-0.15, -0.1) is 12.3 Å². The summed E-state index contributed by atoms with van der Waals surface area (Å²) >= 11 is 0. The first-order valence-electron chi connectivity index (χ1n) is 27.4. The molecule has 0 rings (SSSR count). The van der Waals surface area contributed by atoms with E-state index in [1.165, 1.54) is 13.8 Å². The first-order valence-corrected chi connectivity index (χ1v) is 27.4. The molecule has 5 amide bonds. The lowest BCUT2D eigenvalue weighted by Crippen LogP contribution is -2.49. The van der Waals surface area contributed by atoms with E-state index in [-0.39, 0.29) is 51.5 Å². The van der Waals surface area contributed by atoms with E-state index in [1.807, 2.05) is 0 Å². The van der Waals surface area contributed by atoms with Crippen LogP contribution < -0.4 is 49.9 Å². The van der Waals surface area contributed by atoms with Crippen molar-refractivity contribution in [3.63, 3.8) is 0 Å². The molecular weight excluding hydrogens is 1030 g/mol. The highest BCUT2D eigenvalue weighted by Gasteiger charge is 2.36. The predicted octanol–water partition coefficient (Wildman–Crippen LogP) is 0.461. The average molecular weight is 1120 g/mol. The summed E-state index contributed by atoms with van der Waals surface area (Å²) < 4.78 is 0. The van der Waals surface area contributed by atoms with Crippen molar-refractivity contribution in [2.75, 3.05) is 26.2 Å². The summed E-state index contributed by atoms with van der Waals surface area (Å²) in [4.78, 5) is 170. The summed E-state index contributed by atoms with van der Waals surface area (Å²) in [5, 5.41) is 38.7. The summed E-state index contributed by atoms with van der Waals surface area (Å²) in [7, 11) is 0. The van der Waals surface area contributed by atoms with Gasteiger partial charge in [-0.05, 0) is 103 Å². The Balaban J connectivity index is 6.43. The van der Waals surface area contributed by atoms with E-state index in [0.29, 0.717) is 77.4 Å². The lowest BCUT2D eigenvalue weighted by molar-refractivity contribution is -0.143. The highest BCUT2D eigenvalue weighted by molar-refractivity contribution is 5.99. The minimum atomic E-state index is -1.72. The molecule has 25 nitrogen and oxygen atoms in total. The van der Waals surface area contributed by atoms with Gasteiger partial charge in [-0.2, -0.15) is 0 Å². The molecule has 0 spiro atoms. The molecule has 0 saturated heterocycles. The maximum absolute atomic E-state index is 14.1. The number of carbonyl (C=O) groups is 13. The van der Waals surface area contributed by atoms with Crippen molar-refractivity contribution >= 4 is 76.4 Å². The fourth-order valence-electron chi connectivity index (χ4n) is 8.71. The molecular formula is C54H89N9O16. The molecule has 8 atom stereocenters. The van der Waals surface area contributed by atoms with Crippen LogP contribution in [0.5, 0.6) is 0 Å². The molecule has 0 aromatic heterocycles. The molecule has 0 heterocycles. The third-order valence-corrected chi connectivity index (χ3v) is 13.4. The zero-order valence-electron chi connectivity index (χ0n) is 46.1. The van der Waals surface area contributed by atoms with Crippen molar-refractivity contribution in [2.24, 2.45) is 58.3 Å². The monoisotopic (exact) mass is 1120 g/mol. The Hall–Kier alpha value is -6.49. The summed E-state index contributed by atoms with van der Waals surface area (Å²) in [5.41, 5.74) is 28.4. The number of nitrogens with one attached hydrogen (secondary N) is 4. The van der Waals surface area contributed by atoms with E-state index in [0.717, 1.165) is 0 Å². The molecule has 17 N–H and O–H groups in total. The van der Waals surface area contributed by atoms with Crippen LogP contribution in [0.4, 0.5) is 0 Å². The SMILES string of the molecule is C#CCCC(=O)C[C@@H](CC(=O)O)C(=O)N[C@@H](CCC(=O)O)C(=O)C[C@H](C(=O)N[C@@H](CC(=O)O)C(=O)CCC(=O)N[C@@H](CCCCN)C(=O)C[C@@H](CCCCN)C(=O)N[C@@H](CCCCN)C(=O)C[C@@H](CCCCN)C(N)=O)C(C)C. The van der Waals surface area contributed by atoms with Crippen LogP contribution in [-0.4, -0.2) is 142 Å². The number of carboxylic acid groups (broad SMARTS) is 3. The molecule has 0 fully saturated rings. The Morgan fingerprint density at radius 2 is 0.873 bits per heavy atom. The van der Waals surface area contributed by atoms with Crippen LogP contribution in [0.25, 0.3) is 0 Å². The molecule has 0 aliphatic heterocycles. The number of hydrogen-bond acceptors (Lipinski definition) is 17. The van der Waals surface area contributed by atoms with E-state index in [1.54, 1.807) is 0 Å². The number of Topliss-reactive ketones (excluding diaryl/α,β-unsaturated/α-hetero) is 5. The summed E-state index contributed by atoms with van der Waals surface area (Å²) in [6, 6.07) is -5.48. The number of terminal acetylenes is 1. The highest BCUT2D eigenvalue weighted by Crippen LogP contribution is 2.23. The molecule has 0 aliphatic rings. The number of rotatable bonds is 49. The molecule has 446 valence electrons. The lowest BCUT2D eigenvalue weighted by atomic mass is 9.86. The van der Waals surface area contributed by atoms with Crippen molar-refractivity contribution in [3.8, 4) is 12.3 Å². The normalized spacial score (nSPS) is 14.2. The molecule has 0 unspecified atom stereocenters. The fraction of sp³-hybridized carbons (Fsp3) is 0.722. The van der Waals surface area contributed by atoms with Gasteiger partial charge in [0.15, 0.2) is 23.1 Å². The van der Waals surface area contributed by atoms with Crippen molar-refractivity contribution in [1.82, 2.24) is 21.3 Å². The second-order valence-corrected chi connectivity index (χ2v) is 20.3. The standard InChI is InChI=1S/C54H89N9O16/c1-4-5-16-37(64)27-36(30-49(72)73)53(78)62-41(19-22-48(70)71)46(68)31-38(33(2)3)54(79)63-42(32-50(74)75)43(65)20-21-47(69)60-39(17-8-12-25-57)45(67)29-35(15-7-11-24-56)52(77)61-40(18-9-13-26-58)44(66)28-34(51(59)76)14-6-10-23-55/h1,33-36,38-42H,5-32,55-58H2,2-3H3,(H2,59,76)(H,60,69)(H,61,77)(H,62,78)(H,63,79)(H,70,71)(H,72,73)(H,74,75)/t34-,35-,36+,38+,39+,40+,41+,42+/m1/s1. The number of unbranched alkanes of at least 4 members (excludes halogenated alkanes) is 4. The van der Waals surface area contributed by atoms with Crippen LogP contribution >= 0.6 is 0 Å². The predicted molar refractivity (Wildman–Crippen MR) is 290 cm³/mol. The largest absolute Gasteiger partial charge is 0.481 e. The number of amides is 5. The van der Waals surface area contributed by atoms with E-state index in [2.05, 4.69) is 27.2 Å². The zero-order chi connectivity index (χ0) is 60.0. The Morgan fingerprint density at radius 1 is 0.430 bits per heavy atom. The lowest BCUT2D eigenvalue weighted by Gasteiger charge is -2.26. The fourth-order valence-corrected chi connectivity index (χ4v) is 8.71. The van der Waals surface area contributed by atoms with Gasteiger partial charge in [-0.3, -0.25) is 62.3 Å². The maximum Gasteiger partial charge on any atom is 0.305 e.